The Morgan fingerprint density at radius 3 is 2.59 bits per heavy atom. The van der Waals surface area contributed by atoms with E-state index in [0.29, 0.717) is 48.8 Å². The summed E-state index contributed by atoms with van der Waals surface area (Å²) in [6.07, 6.45) is 0.303. The Hall–Kier alpha value is -1.83. The molecule has 2 rings (SSSR count). The van der Waals surface area contributed by atoms with Gasteiger partial charge >= 0.3 is 0 Å². The van der Waals surface area contributed by atoms with Gasteiger partial charge < -0.3 is 25.0 Å². The van der Waals surface area contributed by atoms with Crippen LogP contribution in [0.2, 0.25) is 5.02 Å². The Labute approximate surface area is 165 Å². The third kappa shape index (κ3) is 6.37. The minimum absolute atomic E-state index is 0.0553. The molecule has 0 radical (unpaired) electrons. The van der Waals surface area contributed by atoms with Crippen molar-refractivity contribution < 1.29 is 19.4 Å². The zero-order valence-corrected chi connectivity index (χ0v) is 16.8. The van der Waals surface area contributed by atoms with Crippen molar-refractivity contribution in [1.29, 1.82) is 0 Å². The van der Waals surface area contributed by atoms with Crippen molar-refractivity contribution in [2.75, 3.05) is 40.3 Å². The second-order valence-corrected chi connectivity index (χ2v) is 7.43. The first-order chi connectivity index (χ1) is 12.8. The second-order valence-electron chi connectivity index (χ2n) is 7.02. The van der Waals surface area contributed by atoms with Crippen LogP contribution in [-0.2, 0) is 4.79 Å². The van der Waals surface area contributed by atoms with E-state index in [1.807, 2.05) is 19.0 Å². The molecule has 150 valence electrons. The molecular formula is C19H28ClN3O4. The van der Waals surface area contributed by atoms with Gasteiger partial charge in [-0.3, -0.25) is 9.59 Å². The molecule has 1 unspecified atom stereocenters. The van der Waals surface area contributed by atoms with Crippen molar-refractivity contribution in [2.45, 2.75) is 32.0 Å². The summed E-state index contributed by atoms with van der Waals surface area (Å²) in [4.78, 5) is 27.6. The van der Waals surface area contributed by atoms with E-state index in [-0.39, 0.29) is 17.9 Å². The predicted molar refractivity (Wildman–Crippen MR) is 104 cm³/mol. The van der Waals surface area contributed by atoms with Crippen molar-refractivity contribution in [3.05, 3.63) is 28.8 Å². The van der Waals surface area contributed by atoms with E-state index in [0.717, 1.165) is 6.54 Å². The number of rotatable bonds is 7. The number of carbonyl (C=O) groups is 2. The van der Waals surface area contributed by atoms with Gasteiger partial charge in [0.1, 0.15) is 18.0 Å². The molecule has 1 atom stereocenters. The van der Waals surface area contributed by atoms with Gasteiger partial charge in [-0.2, -0.15) is 0 Å². The molecule has 0 aliphatic carbocycles. The van der Waals surface area contributed by atoms with E-state index >= 15 is 0 Å². The molecule has 2 N–H and O–H groups in total. The standard InChI is InChI=1S/C19H28ClN3O4/c1-13(24)19(26)23-9-6-15(7-10-23)27-17-5-4-14(12-16(17)20)18(25)21-8-11-22(2)3/h4-5,12-13,15,24H,6-11H2,1-3H3,(H,21,25). The van der Waals surface area contributed by atoms with Crippen molar-refractivity contribution >= 4 is 23.4 Å². The molecule has 0 spiro atoms. The fourth-order valence-corrected chi connectivity index (χ4v) is 3.10. The van der Waals surface area contributed by atoms with Gasteiger partial charge in [0.15, 0.2) is 0 Å². The van der Waals surface area contributed by atoms with Crippen LogP contribution in [0, 0.1) is 0 Å². The fraction of sp³-hybridized carbons (Fsp3) is 0.579. The molecule has 1 aromatic rings. The Kier molecular flexibility index (Phi) is 7.89. The van der Waals surface area contributed by atoms with Crippen LogP contribution in [0.1, 0.15) is 30.1 Å². The van der Waals surface area contributed by atoms with Gasteiger partial charge in [-0.15, -0.1) is 0 Å². The number of likely N-dealkylation sites (tertiary alicyclic amines) is 1. The number of ether oxygens (including phenoxy) is 1. The molecule has 1 aromatic carbocycles. The maximum absolute atomic E-state index is 12.1. The van der Waals surface area contributed by atoms with Crippen LogP contribution in [0.4, 0.5) is 0 Å². The van der Waals surface area contributed by atoms with Crippen molar-refractivity contribution in [2.24, 2.45) is 0 Å². The van der Waals surface area contributed by atoms with Gasteiger partial charge in [-0.05, 0) is 39.2 Å². The third-order valence-corrected chi connectivity index (χ3v) is 4.74. The Bertz CT molecular complexity index is 658. The molecule has 1 aliphatic heterocycles. The molecule has 7 nitrogen and oxygen atoms in total. The van der Waals surface area contributed by atoms with Crippen molar-refractivity contribution in [1.82, 2.24) is 15.1 Å². The highest BCUT2D eigenvalue weighted by Crippen LogP contribution is 2.28. The average Bonchev–Trinajstić information content (AvgIpc) is 2.63. The number of aliphatic hydroxyl groups is 1. The van der Waals surface area contributed by atoms with Gasteiger partial charge in [-0.1, -0.05) is 11.6 Å². The first-order valence-corrected chi connectivity index (χ1v) is 9.51. The SMILES string of the molecule is CC(O)C(=O)N1CCC(Oc2ccc(C(=O)NCCN(C)C)cc2Cl)CC1. The van der Waals surface area contributed by atoms with Gasteiger partial charge in [-0.25, -0.2) is 0 Å². The van der Waals surface area contributed by atoms with Crippen LogP contribution in [0.3, 0.4) is 0 Å². The van der Waals surface area contributed by atoms with E-state index in [4.69, 9.17) is 16.3 Å². The Morgan fingerprint density at radius 2 is 2.04 bits per heavy atom. The molecule has 1 heterocycles. The first-order valence-electron chi connectivity index (χ1n) is 9.14. The smallest absolute Gasteiger partial charge is 0.251 e. The summed E-state index contributed by atoms with van der Waals surface area (Å²) < 4.78 is 5.95. The number of carbonyl (C=O) groups excluding carboxylic acids is 2. The lowest BCUT2D eigenvalue weighted by Crippen LogP contribution is -2.45. The van der Waals surface area contributed by atoms with Gasteiger partial charge in [0.05, 0.1) is 5.02 Å². The first kappa shape index (κ1) is 21.5. The lowest BCUT2D eigenvalue weighted by molar-refractivity contribution is -0.141. The molecule has 1 saturated heterocycles. The lowest BCUT2D eigenvalue weighted by Gasteiger charge is -2.33. The number of hydrogen-bond acceptors (Lipinski definition) is 5. The monoisotopic (exact) mass is 397 g/mol. The van der Waals surface area contributed by atoms with E-state index in [1.165, 1.54) is 6.92 Å². The quantitative estimate of drug-likeness (QED) is 0.726. The number of nitrogens with one attached hydrogen (secondary N) is 1. The number of piperidine rings is 1. The lowest BCUT2D eigenvalue weighted by atomic mass is 10.1. The molecule has 0 aromatic heterocycles. The van der Waals surface area contributed by atoms with E-state index < -0.39 is 6.10 Å². The molecule has 27 heavy (non-hydrogen) atoms. The van der Waals surface area contributed by atoms with Crippen LogP contribution in [0.15, 0.2) is 18.2 Å². The number of amides is 2. The maximum atomic E-state index is 12.1. The molecule has 8 heteroatoms. The molecule has 1 fully saturated rings. The highest BCUT2D eigenvalue weighted by molar-refractivity contribution is 6.32. The van der Waals surface area contributed by atoms with E-state index in [1.54, 1.807) is 23.1 Å². The van der Waals surface area contributed by atoms with Crippen LogP contribution in [-0.4, -0.2) is 79.2 Å². The number of aliphatic hydroxyl groups excluding tert-OH is 1. The summed E-state index contributed by atoms with van der Waals surface area (Å²) in [5.74, 6) is 0.105. The molecule has 2 amide bonds. The Morgan fingerprint density at radius 1 is 1.37 bits per heavy atom. The van der Waals surface area contributed by atoms with Crippen LogP contribution < -0.4 is 10.1 Å². The summed E-state index contributed by atoms with van der Waals surface area (Å²) in [6.45, 7) is 3.88. The van der Waals surface area contributed by atoms with Gasteiger partial charge in [0.2, 0.25) is 0 Å². The third-order valence-electron chi connectivity index (χ3n) is 4.44. The summed E-state index contributed by atoms with van der Waals surface area (Å²) in [5, 5.41) is 12.6. The van der Waals surface area contributed by atoms with Gasteiger partial charge in [0, 0.05) is 44.6 Å². The maximum Gasteiger partial charge on any atom is 0.251 e. The van der Waals surface area contributed by atoms with Gasteiger partial charge in [0.25, 0.3) is 11.8 Å². The number of hydrogen-bond donors (Lipinski definition) is 2. The molecule has 0 bridgehead atoms. The summed E-state index contributed by atoms with van der Waals surface area (Å²) in [7, 11) is 3.89. The normalized spacial score (nSPS) is 16.3. The highest BCUT2D eigenvalue weighted by atomic mass is 35.5. The fourth-order valence-electron chi connectivity index (χ4n) is 2.87. The summed E-state index contributed by atoms with van der Waals surface area (Å²) in [6, 6.07) is 5.00. The highest BCUT2D eigenvalue weighted by Gasteiger charge is 2.26. The minimum Gasteiger partial charge on any atom is -0.489 e. The van der Waals surface area contributed by atoms with E-state index in [9.17, 15) is 14.7 Å². The number of halogens is 1. The van der Waals surface area contributed by atoms with Crippen molar-refractivity contribution in [3.63, 3.8) is 0 Å². The summed E-state index contributed by atoms with van der Waals surface area (Å²) in [5.41, 5.74) is 0.489. The topological polar surface area (TPSA) is 82.1 Å². The zero-order valence-electron chi connectivity index (χ0n) is 16.1. The zero-order chi connectivity index (χ0) is 20.0. The predicted octanol–water partition coefficient (Wildman–Crippen LogP) is 1.38. The second kappa shape index (κ2) is 9.92. The number of nitrogens with zero attached hydrogens (tertiary/aromatic N) is 2. The van der Waals surface area contributed by atoms with Crippen LogP contribution >= 0.6 is 11.6 Å². The van der Waals surface area contributed by atoms with Crippen LogP contribution in [0.5, 0.6) is 5.75 Å². The Balaban J connectivity index is 1.87. The average molecular weight is 398 g/mol. The number of likely N-dealkylation sites (N-methyl/N-ethyl adjacent to an activating group) is 1. The molecule has 1 aliphatic rings. The summed E-state index contributed by atoms with van der Waals surface area (Å²) >= 11 is 6.29. The molecule has 0 saturated carbocycles. The largest absolute Gasteiger partial charge is 0.489 e. The number of benzene rings is 1. The van der Waals surface area contributed by atoms with E-state index in [2.05, 4.69) is 5.32 Å². The van der Waals surface area contributed by atoms with Crippen molar-refractivity contribution in [3.8, 4) is 5.75 Å². The molecular weight excluding hydrogens is 370 g/mol. The minimum atomic E-state index is -0.978. The van der Waals surface area contributed by atoms with Crippen LogP contribution in [0.25, 0.3) is 0 Å².